The van der Waals surface area contributed by atoms with Gasteiger partial charge in [0.1, 0.15) is 0 Å². The van der Waals surface area contributed by atoms with E-state index in [9.17, 15) is 4.79 Å². The first-order valence-corrected chi connectivity index (χ1v) is 5.64. The predicted octanol–water partition coefficient (Wildman–Crippen LogP) is 0.0986. The van der Waals surface area contributed by atoms with Gasteiger partial charge in [0.05, 0.1) is 5.92 Å². The van der Waals surface area contributed by atoms with E-state index in [2.05, 4.69) is 36.7 Å². The molecule has 0 aromatic rings. The fourth-order valence-corrected chi connectivity index (χ4v) is 2.07. The van der Waals surface area contributed by atoms with Crippen LogP contribution in [0.25, 0.3) is 0 Å². The van der Waals surface area contributed by atoms with Gasteiger partial charge in [0.25, 0.3) is 0 Å². The van der Waals surface area contributed by atoms with E-state index in [1.165, 1.54) is 0 Å². The molecule has 4 heteroatoms. The third-order valence-electron chi connectivity index (χ3n) is 2.68. The second-order valence-corrected chi connectivity index (χ2v) is 5.21. The van der Waals surface area contributed by atoms with Crippen LogP contribution < -0.4 is 16.0 Å². The maximum Gasteiger partial charge on any atom is 0.224 e. The van der Waals surface area contributed by atoms with Gasteiger partial charge in [-0.15, -0.1) is 0 Å². The molecule has 1 aliphatic heterocycles. The van der Waals surface area contributed by atoms with Gasteiger partial charge in [-0.2, -0.15) is 0 Å². The lowest BCUT2D eigenvalue weighted by Gasteiger charge is -2.36. The lowest BCUT2D eigenvalue weighted by Crippen LogP contribution is -2.58. The highest BCUT2D eigenvalue weighted by atomic mass is 16.1. The highest BCUT2D eigenvalue weighted by Crippen LogP contribution is 2.15. The number of nitrogens with one attached hydrogen (secondary N) is 3. The Morgan fingerprint density at radius 1 is 1.40 bits per heavy atom. The van der Waals surface area contributed by atoms with Gasteiger partial charge in [0.15, 0.2) is 0 Å². The molecular formula is C11H23N3O. The molecule has 0 aliphatic carbocycles. The number of hydrogen-bond donors (Lipinski definition) is 3. The molecule has 0 radical (unpaired) electrons. The zero-order chi connectivity index (χ0) is 11.5. The van der Waals surface area contributed by atoms with Gasteiger partial charge in [-0.3, -0.25) is 4.79 Å². The molecule has 15 heavy (non-hydrogen) atoms. The lowest BCUT2D eigenvalue weighted by molar-refractivity contribution is -0.126. The maximum atomic E-state index is 11.7. The molecule has 2 unspecified atom stereocenters. The minimum absolute atomic E-state index is 0.0515. The molecule has 4 nitrogen and oxygen atoms in total. The van der Waals surface area contributed by atoms with E-state index in [0.717, 1.165) is 19.5 Å². The molecule has 0 bridgehead atoms. The predicted molar refractivity (Wildman–Crippen MR) is 61.7 cm³/mol. The molecule has 0 aromatic heterocycles. The van der Waals surface area contributed by atoms with E-state index in [1.54, 1.807) is 7.05 Å². The first-order valence-electron chi connectivity index (χ1n) is 5.64. The monoisotopic (exact) mass is 213 g/mol. The average Bonchev–Trinajstić information content (AvgIpc) is 2.15. The number of hydrogen-bond acceptors (Lipinski definition) is 3. The summed E-state index contributed by atoms with van der Waals surface area (Å²) in [5, 5.41) is 9.57. The van der Waals surface area contributed by atoms with Crippen molar-refractivity contribution < 1.29 is 4.79 Å². The number of rotatable bonds is 2. The molecule has 1 saturated heterocycles. The molecule has 0 saturated carbocycles. The van der Waals surface area contributed by atoms with Crippen molar-refractivity contribution in [2.45, 2.75) is 38.8 Å². The van der Waals surface area contributed by atoms with Crippen LogP contribution in [0.1, 0.15) is 27.2 Å². The summed E-state index contributed by atoms with van der Waals surface area (Å²) in [5.74, 6) is 0.244. The Morgan fingerprint density at radius 2 is 2.07 bits per heavy atom. The minimum atomic E-state index is 0.0515. The number of carbonyl (C=O) groups is 1. The number of piperidine rings is 1. The summed E-state index contributed by atoms with van der Waals surface area (Å²) in [5.41, 5.74) is 0.0515. The number of carbonyl (C=O) groups excluding carboxylic acids is 1. The normalized spacial score (nSPS) is 27.5. The Labute approximate surface area is 92.2 Å². The SMILES string of the molecule is CNC(=O)C1CCNCC1NC(C)(C)C. The molecule has 2 atom stereocenters. The summed E-state index contributed by atoms with van der Waals surface area (Å²) in [6, 6.07) is 0.235. The van der Waals surface area contributed by atoms with Crippen LogP contribution in [0.3, 0.4) is 0 Å². The summed E-state index contributed by atoms with van der Waals surface area (Å²) >= 11 is 0. The van der Waals surface area contributed by atoms with Crippen LogP contribution in [0.15, 0.2) is 0 Å². The van der Waals surface area contributed by atoms with E-state index in [1.807, 2.05) is 0 Å². The van der Waals surface area contributed by atoms with Gasteiger partial charge in [-0.05, 0) is 33.7 Å². The molecule has 3 N–H and O–H groups in total. The third-order valence-corrected chi connectivity index (χ3v) is 2.68. The van der Waals surface area contributed by atoms with E-state index < -0.39 is 0 Å². The fourth-order valence-electron chi connectivity index (χ4n) is 2.07. The van der Waals surface area contributed by atoms with Gasteiger partial charge in [0, 0.05) is 25.2 Å². The van der Waals surface area contributed by atoms with Crippen molar-refractivity contribution in [2.24, 2.45) is 5.92 Å². The van der Waals surface area contributed by atoms with Crippen LogP contribution in [0.4, 0.5) is 0 Å². The first-order chi connectivity index (χ1) is 6.94. The molecule has 1 heterocycles. The zero-order valence-corrected chi connectivity index (χ0v) is 10.2. The highest BCUT2D eigenvalue weighted by Gasteiger charge is 2.32. The van der Waals surface area contributed by atoms with Crippen LogP contribution >= 0.6 is 0 Å². The van der Waals surface area contributed by atoms with E-state index in [0.29, 0.717) is 0 Å². The molecule has 1 rings (SSSR count). The molecule has 0 aromatic carbocycles. The summed E-state index contributed by atoms with van der Waals surface area (Å²) < 4.78 is 0. The summed E-state index contributed by atoms with van der Waals surface area (Å²) in [6.07, 6.45) is 0.910. The highest BCUT2D eigenvalue weighted by molar-refractivity contribution is 5.79. The Morgan fingerprint density at radius 3 is 2.60 bits per heavy atom. The Bertz CT molecular complexity index is 222. The van der Waals surface area contributed by atoms with Crippen molar-refractivity contribution in [1.82, 2.24) is 16.0 Å². The summed E-state index contributed by atoms with van der Waals surface area (Å²) in [7, 11) is 1.71. The van der Waals surface area contributed by atoms with Crippen molar-refractivity contribution in [3.63, 3.8) is 0 Å². The van der Waals surface area contributed by atoms with Gasteiger partial charge >= 0.3 is 0 Å². The summed E-state index contributed by atoms with van der Waals surface area (Å²) in [6.45, 7) is 8.18. The average molecular weight is 213 g/mol. The van der Waals surface area contributed by atoms with E-state index in [-0.39, 0.29) is 23.4 Å². The maximum absolute atomic E-state index is 11.7. The topological polar surface area (TPSA) is 53.2 Å². The van der Waals surface area contributed by atoms with E-state index >= 15 is 0 Å². The zero-order valence-electron chi connectivity index (χ0n) is 10.2. The molecule has 1 fully saturated rings. The van der Waals surface area contributed by atoms with Crippen LogP contribution in [0.2, 0.25) is 0 Å². The number of amides is 1. The van der Waals surface area contributed by atoms with Gasteiger partial charge in [0.2, 0.25) is 5.91 Å². The second kappa shape index (κ2) is 4.94. The van der Waals surface area contributed by atoms with E-state index in [4.69, 9.17) is 0 Å². The van der Waals surface area contributed by atoms with Crippen molar-refractivity contribution in [3.8, 4) is 0 Å². The summed E-state index contributed by atoms with van der Waals surface area (Å²) in [4.78, 5) is 11.7. The van der Waals surface area contributed by atoms with Crippen LogP contribution in [-0.2, 0) is 4.79 Å². The first kappa shape index (κ1) is 12.5. The van der Waals surface area contributed by atoms with Crippen molar-refractivity contribution in [2.75, 3.05) is 20.1 Å². The molecule has 1 amide bonds. The fraction of sp³-hybridized carbons (Fsp3) is 0.909. The van der Waals surface area contributed by atoms with Crippen LogP contribution in [0, 0.1) is 5.92 Å². The second-order valence-electron chi connectivity index (χ2n) is 5.21. The standard InChI is InChI=1S/C11H23N3O/c1-11(2,3)14-9-7-13-6-5-8(9)10(15)12-4/h8-9,13-14H,5-7H2,1-4H3,(H,12,15). The van der Waals surface area contributed by atoms with Crippen molar-refractivity contribution in [1.29, 1.82) is 0 Å². The molecular weight excluding hydrogens is 190 g/mol. The van der Waals surface area contributed by atoms with Crippen LogP contribution in [-0.4, -0.2) is 37.6 Å². The van der Waals surface area contributed by atoms with Gasteiger partial charge < -0.3 is 16.0 Å². The Kier molecular flexibility index (Phi) is 4.11. The largest absolute Gasteiger partial charge is 0.359 e. The van der Waals surface area contributed by atoms with Crippen LogP contribution in [0.5, 0.6) is 0 Å². The molecule has 0 spiro atoms. The van der Waals surface area contributed by atoms with Crippen molar-refractivity contribution >= 4 is 5.91 Å². The molecule has 1 aliphatic rings. The van der Waals surface area contributed by atoms with Crippen molar-refractivity contribution in [3.05, 3.63) is 0 Å². The Balaban J connectivity index is 2.61. The van der Waals surface area contributed by atoms with Gasteiger partial charge in [-0.25, -0.2) is 0 Å². The molecule has 88 valence electrons. The van der Waals surface area contributed by atoms with Gasteiger partial charge in [-0.1, -0.05) is 0 Å². The lowest BCUT2D eigenvalue weighted by atomic mass is 9.90. The minimum Gasteiger partial charge on any atom is -0.359 e. The smallest absolute Gasteiger partial charge is 0.224 e. The Hall–Kier alpha value is -0.610. The quantitative estimate of drug-likeness (QED) is 0.610. The third kappa shape index (κ3) is 3.80.